The molecule has 0 radical (unpaired) electrons. The summed E-state index contributed by atoms with van der Waals surface area (Å²) in [5.74, 6) is 1.70. The Morgan fingerprint density at radius 2 is 1.83 bits per heavy atom. The Labute approximate surface area is 113 Å². The first-order chi connectivity index (χ1) is 8.69. The summed E-state index contributed by atoms with van der Waals surface area (Å²) in [5, 5.41) is 0. The molecular formula is C15H31N3. The summed E-state index contributed by atoms with van der Waals surface area (Å²) in [7, 11) is 2.22. The molecule has 0 bridgehead atoms. The van der Waals surface area contributed by atoms with Crippen molar-refractivity contribution in [2.75, 3.05) is 39.8 Å². The van der Waals surface area contributed by atoms with Crippen molar-refractivity contribution >= 4 is 0 Å². The molecule has 3 atom stereocenters. The van der Waals surface area contributed by atoms with Crippen LogP contribution in [0.4, 0.5) is 0 Å². The molecule has 3 heteroatoms. The SMILES string of the molecule is CCCC1CCC(N)C(CN2CCN(C)CC2)C1. The van der Waals surface area contributed by atoms with Crippen molar-refractivity contribution in [3.63, 3.8) is 0 Å². The lowest BCUT2D eigenvalue weighted by Gasteiger charge is -2.40. The Kier molecular flexibility index (Phi) is 5.46. The van der Waals surface area contributed by atoms with Gasteiger partial charge in [-0.1, -0.05) is 19.8 Å². The van der Waals surface area contributed by atoms with Crippen molar-refractivity contribution in [1.29, 1.82) is 0 Å². The number of nitrogens with zero attached hydrogens (tertiary/aromatic N) is 2. The van der Waals surface area contributed by atoms with E-state index in [1.54, 1.807) is 0 Å². The molecule has 1 aliphatic heterocycles. The minimum absolute atomic E-state index is 0.456. The summed E-state index contributed by atoms with van der Waals surface area (Å²) in [6.45, 7) is 8.47. The highest BCUT2D eigenvalue weighted by Gasteiger charge is 2.29. The summed E-state index contributed by atoms with van der Waals surface area (Å²) in [6, 6.07) is 0.456. The van der Waals surface area contributed by atoms with Gasteiger partial charge in [-0.2, -0.15) is 0 Å². The standard InChI is InChI=1S/C15H31N3/c1-3-4-13-5-6-15(16)14(11-13)12-18-9-7-17(2)8-10-18/h13-15H,3-12,16H2,1-2H3. The summed E-state index contributed by atoms with van der Waals surface area (Å²) in [4.78, 5) is 5.07. The topological polar surface area (TPSA) is 32.5 Å². The predicted molar refractivity (Wildman–Crippen MR) is 77.7 cm³/mol. The van der Waals surface area contributed by atoms with Gasteiger partial charge in [0, 0.05) is 38.8 Å². The summed E-state index contributed by atoms with van der Waals surface area (Å²) >= 11 is 0. The summed E-state index contributed by atoms with van der Waals surface area (Å²) in [5.41, 5.74) is 6.34. The molecule has 3 nitrogen and oxygen atoms in total. The van der Waals surface area contributed by atoms with Gasteiger partial charge in [-0.25, -0.2) is 0 Å². The molecule has 2 fully saturated rings. The van der Waals surface area contributed by atoms with Crippen LogP contribution in [0.2, 0.25) is 0 Å². The van der Waals surface area contributed by atoms with Gasteiger partial charge in [0.2, 0.25) is 0 Å². The van der Waals surface area contributed by atoms with E-state index < -0.39 is 0 Å². The Morgan fingerprint density at radius 3 is 2.50 bits per heavy atom. The second-order valence-corrected chi connectivity index (χ2v) is 6.50. The van der Waals surface area contributed by atoms with Crippen LogP contribution in [0, 0.1) is 11.8 Å². The summed E-state index contributed by atoms with van der Waals surface area (Å²) in [6.07, 6.45) is 6.74. The van der Waals surface area contributed by atoms with Crippen LogP contribution in [0.15, 0.2) is 0 Å². The molecular weight excluding hydrogens is 222 g/mol. The van der Waals surface area contributed by atoms with Crippen molar-refractivity contribution in [2.45, 2.75) is 45.1 Å². The number of hydrogen-bond acceptors (Lipinski definition) is 3. The fraction of sp³-hybridized carbons (Fsp3) is 1.00. The number of hydrogen-bond donors (Lipinski definition) is 1. The average Bonchev–Trinajstić information content (AvgIpc) is 2.36. The van der Waals surface area contributed by atoms with E-state index in [2.05, 4.69) is 23.8 Å². The molecule has 0 aromatic rings. The van der Waals surface area contributed by atoms with Gasteiger partial charge in [0.05, 0.1) is 0 Å². The minimum atomic E-state index is 0.456. The monoisotopic (exact) mass is 253 g/mol. The van der Waals surface area contributed by atoms with E-state index in [1.807, 2.05) is 0 Å². The van der Waals surface area contributed by atoms with Gasteiger partial charge in [-0.05, 0) is 38.1 Å². The van der Waals surface area contributed by atoms with E-state index in [-0.39, 0.29) is 0 Å². The Bertz CT molecular complexity index is 236. The molecule has 0 aromatic carbocycles. The zero-order valence-corrected chi connectivity index (χ0v) is 12.3. The molecule has 0 amide bonds. The Morgan fingerprint density at radius 1 is 1.11 bits per heavy atom. The molecule has 18 heavy (non-hydrogen) atoms. The zero-order chi connectivity index (χ0) is 13.0. The van der Waals surface area contributed by atoms with Gasteiger partial charge in [0.15, 0.2) is 0 Å². The molecule has 106 valence electrons. The molecule has 3 unspecified atom stereocenters. The van der Waals surface area contributed by atoms with Crippen LogP contribution in [0.25, 0.3) is 0 Å². The quantitative estimate of drug-likeness (QED) is 0.829. The second kappa shape index (κ2) is 6.88. The molecule has 1 saturated carbocycles. The minimum Gasteiger partial charge on any atom is -0.327 e. The number of nitrogens with two attached hydrogens (primary N) is 1. The smallest absolute Gasteiger partial charge is 0.0110 e. The largest absolute Gasteiger partial charge is 0.327 e. The maximum atomic E-state index is 6.34. The third kappa shape index (κ3) is 3.94. The number of likely N-dealkylation sites (N-methyl/N-ethyl adjacent to an activating group) is 1. The van der Waals surface area contributed by atoms with Crippen LogP contribution >= 0.6 is 0 Å². The maximum absolute atomic E-state index is 6.34. The van der Waals surface area contributed by atoms with Crippen molar-refractivity contribution < 1.29 is 0 Å². The Balaban J connectivity index is 1.79. The van der Waals surface area contributed by atoms with Crippen molar-refractivity contribution in [1.82, 2.24) is 9.80 Å². The third-order valence-corrected chi connectivity index (χ3v) is 4.94. The van der Waals surface area contributed by atoms with Crippen LogP contribution in [-0.2, 0) is 0 Å². The van der Waals surface area contributed by atoms with Gasteiger partial charge in [-0.3, -0.25) is 0 Å². The van der Waals surface area contributed by atoms with E-state index in [0.29, 0.717) is 6.04 Å². The molecule has 1 heterocycles. The lowest BCUT2D eigenvalue weighted by Crippen LogP contribution is -2.49. The first kappa shape index (κ1) is 14.3. The van der Waals surface area contributed by atoms with Gasteiger partial charge in [0.25, 0.3) is 0 Å². The molecule has 2 N–H and O–H groups in total. The fourth-order valence-electron chi connectivity index (χ4n) is 3.63. The number of rotatable bonds is 4. The second-order valence-electron chi connectivity index (χ2n) is 6.50. The van der Waals surface area contributed by atoms with E-state index in [4.69, 9.17) is 5.73 Å². The predicted octanol–water partition coefficient (Wildman–Crippen LogP) is 1.78. The molecule has 2 aliphatic rings. The van der Waals surface area contributed by atoms with Gasteiger partial charge < -0.3 is 15.5 Å². The first-order valence-electron chi connectivity index (χ1n) is 7.85. The Hall–Kier alpha value is -0.120. The zero-order valence-electron chi connectivity index (χ0n) is 12.3. The lowest BCUT2D eigenvalue weighted by atomic mass is 9.76. The molecule has 0 spiro atoms. The van der Waals surface area contributed by atoms with E-state index >= 15 is 0 Å². The van der Waals surface area contributed by atoms with E-state index in [9.17, 15) is 0 Å². The van der Waals surface area contributed by atoms with Crippen LogP contribution in [-0.4, -0.2) is 55.6 Å². The van der Waals surface area contributed by atoms with E-state index in [0.717, 1.165) is 11.8 Å². The van der Waals surface area contributed by atoms with Crippen LogP contribution in [0.3, 0.4) is 0 Å². The highest BCUT2D eigenvalue weighted by atomic mass is 15.2. The van der Waals surface area contributed by atoms with Crippen LogP contribution in [0.5, 0.6) is 0 Å². The van der Waals surface area contributed by atoms with E-state index in [1.165, 1.54) is 64.8 Å². The van der Waals surface area contributed by atoms with Gasteiger partial charge in [-0.15, -0.1) is 0 Å². The van der Waals surface area contributed by atoms with Gasteiger partial charge >= 0.3 is 0 Å². The molecule has 1 aliphatic carbocycles. The molecule has 0 aromatic heterocycles. The maximum Gasteiger partial charge on any atom is 0.0110 e. The van der Waals surface area contributed by atoms with Crippen molar-refractivity contribution in [3.05, 3.63) is 0 Å². The van der Waals surface area contributed by atoms with Gasteiger partial charge in [0.1, 0.15) is 0 Å². The van der Waals surface area contributed by atoms with Crippen LogP contribution < -0.4 is 5.73 Å². The highest BCUT2D eigenvalue weighted by molar-refractivity contribution is 4.85. The first-order valence-corrected chi connectivity index (χ1v) is 7.85. The average molecular weight is 253 g/mol. The third-order valence-electron chi connectivity index (χ3n) is 4.94. The number of piperazine rings is 1. The normalized spacial score (nSPS) is 35.8. The fourth-order valence-corrected chi connectivity index (χ4v) is 3.63. The lowest BCUT2D eigenvalue weighted by molar-refractivity contribution is 0.106. The van der Waals surface area contributed by atoms with Crippen molar-refractivity contribution in [3.8, 4) is 0 Å². The summed E-state index contributed by atoms with van der Waals surface area (Å²) < 4.78 is 0. The van der Waals surface area contributed by atoms with Crippen LogP contribution in [0.1, 0.15) is 39.0 Å². The van der Waals surface area contributed by atoms with Crippen molar-refractivity contribution in [2.24, 2.45) is 17.6 Å². The highest BCUT2D eigenvalue weighted by Crippen LogP contribution is 2.31. The molecule has 2 rings (SSSR count). The molecule has 1 saturated heterocycles.